The average Bonchev–Trinajstić information content (AvgIpc) is 2.79. The number of halogens is 1. The quantitative estimate of drug-likeness (QED) is 0.257. The van der Waals surface area contributed by atoms with Crippen molar-refractivity contribution in [1.82, 2.24) is 10.7 Å². The third-order valence-corrected chi connectivity index (χ3v) is 4.23. The molecule has 0 atom stereocenters. The lowest BCUT2D eigenvalue weighted by atomic mass is 10.2. The number of benzene rings is 3. The van der Waals surface area contributed by atoms with Crippen molar-refractivity contribution in [3.8, 4) is 5.75 Å². The van der Waals surface area contributed by atoms with E-state index in [1.54, 1.807) is 66.7 Å². The highest BCUT2D eigenvalue weighted by molar-refractivity contribution is 6.31. The Balaban J connectivity index is 1.44. The Morgan fingerprint density at radius 2 is 1.61 bits per heavy atom. The van der Waals surface area contributed by atoms with Gasteiger partial charge in [0.25, 0.3) is 11.8 Å². The molecule has 3 aromatic carbocycles. The minimum Gasteiger partial charge on any atom is -0.423 e. The van der Waals surface area contributed by atoms with E-state index >= 15 is 0 Å². The van der Waals surface area contributed by atoms with Crippen molar-refractivity contribution in [2.45, 2.75) is 0 Å². The maximum absolute atomic E-state index is 12.0. The summed E-state index contributed by atoms with van der Waals surface area (Å²) in [6.07, 6.45) is 1.43. The van der Waals surface area contributed by atoms with Crippen LogP contribution in [0.4, 0.5) is 0 Å². The molecule has 2 N–H and O–H groups in total. The second-order valence-corrected chi connectivity index (χ2v) is 6.75. The highest BCUT2D eigenvalue weighted by Gasteiger charge is 2.08. The lowest BCUT2D eigenvalue weighted by Crippen LogP contribution is -2.34. The Kier molecular flexibility index (Phi) is 7.50. The Bertz CT molecular complexity index is 1100. The van der Waals surface area contributed by atoms with Gasteiger partial charge in [-0.3, -0.25) is 9.59 Å². The van der Waals surface area contributed by atoms with Crippen LogP contribution in [-0.4, -0.2) is 30.5 Å². The van der Waals surface area contributed by atoms with Crippen LogP contribution in [0.15, 0.2) is 84.0 Å². The van der Waals surface area contributed by atoms with E-state index in [0.717, 1.165) is 0 Å². The molecule has 0 saturated carbocycles. The molecule has 3 rings (SSSR count). The molecule has 0 unspecified atom stereocenters. The van der Waals surface area contributed by atoms with Crippen molar-refractivity contribution in [1.29, 1.82) is 0 Å². The monoisotopic (exact) mass is 435 g/mol. The van der Waals surface area contributed by atoms with Crippen LogP contribution in [0.5, 0.6) is 5.75 Å². The molecule has 156 valence electrons. The van der Waals surface area contributed by atoms with Gasteiger partial charge < -0.3 is 10.1 Å². The normalized spacial score (nSPS) is 10.5. The molecule has 2 amide bonds. The summed E-state index contributed by atoms with van der Waals surface area (Å²) in [7, 11) is 0. The molecule has 0 aliphatic rings. The summed E-state index contributed by atoms with van der Waals surface area (Å²) in [5, 5.41) is 6.75. The topological polar surface area (TPSA) is 96.9 Å². The largest absolute Gasteiger partial charge is 0.423 e. The number of ether oxygens (including phenoxy) is 1. The van der Waals surface area contributed by atoms with Gasteiger partial charge in [0.1, 0.15) is 5.75 Å². The average molecular weight is 436 g/mol. The van der Waals surface area contributed by atoms with Crippen molar-refractivity contribution in [2.75, 3.05) is 6.54 Å². The molecule has 0 heterocycles. The molecule has 0 spiro atoms. The number of rotatable bonds is 7. The van der Waals surface area contributed by atoms with Crippen LogP contribution in [0.25, 0.3) is 0 Å². The fraction of sp³-hybridized carbons (Fsp3) is 0.0435. The van der Waals surface area contributed by atoms with Crippen molar-refractivity contribution in [2.24, 2.45) is 5.10 Å². The van der Waals surface area contributed by atoms with Gasteiger partial charge in [0.15, 0.2) is 0 Å². The SMILES string of the molecule is O=C(CNC(=O)c1cccc(Cl)c1)NN=Cc1ccc(OC(=O)c2ccccc2)cc1. The van der Waals surface area contributed by atoms with Crippen LogP contribution in [-0.2, 0) is 4.79 Å². The number of esters is 1. The first kappa shape index (κ1) is 21.7. The number of hydrogen-bond acceptors (Lipinski definition) is 5. The lowest BCUT2D eigenvalue weighted by molar-refractivity contribution is -0.120. The van der Waals surface area contributed by atoms with Crippen LogP contribution in [0.2, 0.25) is 5.02 Å². The van der Waals surface area contributed by atoms with E-state index < -0.39 is 17.8 Å². The van der Waals surface area contributed by atoms with Crippen LogP contribution in [0, 0.1) is 0 Å². The second kappa shape index (κ2) is 10.7. The molecule has 0 aromatic heterocycles. The zero-order valence-electron chi connectivity index (χ0n) is 16.2. The highest BCUT2D eigenvalue weighted by Crippen LogP contribution is 2.13. The van der Waals surface area contributed by atoms with Gasteiger partial charge >= 0.3 is 5.97 Å². The van der Waals surface area contributed by atoms with E-state index in [1.165, 1.54) is 12.3 Å². The predicted octanol–water partition coefficient (Wildman–Crippen LogP) is 3.44. The standard InChI is InChI=1S/C23H18ClN3O4/c24-19-8-4-7-18(13-19)22(29)25-15-21(28)27-26-14-16-9-11-20(12-10-16)31-23(30)17-5-2-1-3-6-17/h1-14H,15H2,(H,25,29)(H,27,28). The molecular weight excluding hydrogens is 418 g/mol. The van der Waals surface area contributed by atoms with Gasteiger partial charge in [-0.25, -0.2) is 10.2 Å². The third-order valence-electron chi connectivity index (χ3n) is 4.00. The summed E-state index contributed by atoms with van der Waals surface area (Å²) < 4.78 is 5.29. The number of carbonyl (C=O) groups excluding carboxylic acids is 3. The maximum Gasteiger partial charge on any atom is 0.343 e. The van der Waals surface area contributed by atoms with Gasteiger partial charge in [-0.1, -0.05) is 35.9 Å². The van der Waals surface area contributed by atoms with Crippen LogP contribution in [0.1, 0.15) is 26.3 Å². The van der Waals surface area contributed by atoms with Gasteiger partial charge in [-0.05, 0) is 60.2 Å². The summed E-state index contributed by atoms with van der Waals surface area (Å²) >= 11 is 5.84. The van der Waals surface area contributed by atoms with Gasteiger partial charge in [-0.15, -0.1) is 0 Å². The van der Waals surface area contributed by atoms with E-state index in [1.807, 2.05) is 6.07 Å². The number of hydrogen-bond donors (Lipinski definition) is 2. The van der Waals surface area contributed by atoms with Gasteiger partial charge in [-0.2, -0.15) is 5.10 Å². The molecule has 0 aliphatic carbocycles. The summed E-state index contributed by atoms with van der Waals surface area (Å²) in [4.78, 5) is 35.8. The van der Waals surface area contributed by atoms with Crippen molar-refractivity contribution >= 4 is 35.6 Å². The molecule has 3 aromatic rings. The molecule has 0 saturated heterocycles. The summed E-state index contributed by atoms with van der Waals surface area (Å²) in [5.74, 6) is -0.963. The van der Waals surface area contributed by atoms with E-state index in [2.05, 4.69) is 15.8 Å². The van der Waals surface area contributed by atoms with Gasteiger partial charge in [0.2, 0.25) is 0 Å². The van der Waals surface area contributed by atoms with E-state index in [-0.39, 0.29) is 6.54 Å². The molecule has 0 aliphatic heterocycles. The highest BCUT2D eigenvalue weighted by atomic mass is 35.5. The molecule has 0 bridgehead atoms. The van der Waals surface area contributed by atoms with Crippen LogP contribution in [0.3, 0.4) is 0 Å². The zero-order valence-corrected chi connectivity index (χ0v) is 17.0. The third kappa shape index (κ3) is 6.80. The molecular formula is C23H18ClN3O4. The molecule has 7 nitrogen and oxygen atoms in total. The first-order valence-electron chi connectivity index (χ1n) is 9.24. The number of nitrogens with one attached hydrogen (secondary N) is 2. The van der Waals surface area contributed by atoms with Gasteiger partial charge in [0, 0.05) is 10.6 Å². The fourth-order valence-corrected chi connectivity index (χ4v) is 2.66. The Labute approximate surface area is 183 Å². The Hall–Kier alpha value is -3.97. The predicted molar refractivity (Wildman–Crippen MR) is 117 cm³/mol. The first-order valence-corrected chi connectivity index (χ1v) is 9.62. The Morgan fingerprint density at radius 3 is 2.32 bits per heavy atom. The number of carbonyl (C=O) groups is 3. The molecule has 8 heteroatoms. The summed E-state index contributed by atoms with van der Waals surface area (Å²) in [6.45, 7) is -0.239. The van der Waals surface area contributed by atoms with Crippen LogP contribution < -0.4 is 15.5 Å². The smallest absolute Gasteiger partial charge is 0.343 e. The van der Waals surface area contributed by atoms with E-state index in [9.17, 15) is 14.4 Å². The first-order chi connectivity index (χ1) is 15.0. The zero-order chi connectivity index (χ0) is 22.1. The van der Waals surface area contributed by atoms with Gasteiger partial charge in [0.05, 0.1) is 18.3 Å². The molecule has 0 radical (unpaired) electrons. The molecule has 31 heavy (non-hydrogen) atoms. The van der Waals surface area contributed by atoms with Crippen LogP contribution >= 0.6 is 11.6 Å². The van der Waals surface area contributed by atoms with Crippen molar-refractivity contribution in [3.05, 3.63) is 101 Å². The fourth-order valence-electron chi connectivity index (χ4n) is 2.47. The minimum atomic E-state index is -0.486. The van der Waals surface area contributed by atoms with Crippen molar-refractivity contribution < 1.29 is 19.1 Å². The minimum absolute atomic E-state index is 0.239. The van der Waals surface area contributed by atoms with E-state index in [0.29, 0.717) is 27.5 Å². The van der Waals surface area contributed by atoms with E-state index in [4.69, 9.17) is 16.3 Å². The molecule has 0 fully saturated rings. The number of amides is 2. The number of nitrogens with zero attached hydrogens (tertiary/aromatic N) is 1. The summed E-state index contributed by atoms with van der Waals surface area (Å²) in [6, 6.07) is 21.7. The summed E-state index contributed by atoms with van der Waals surface area (Å²) in [5.41, 5.74) is 3.82. The second-order valence-electron chi connectivity index (χ2n) is 6.31. The lowest BCUT2D eigenvalue weighted by Gasteiger charge is -2.05. The number of hydrazone groups is 1. The van der Waals surface area contributed by atoms with Crippen molar-refractivity contribution in [3.63, 3.8) is 0 Å². The Morgan fingerprint density at radius 1 is 0.903 bits per heavy atom. The maximum atomic E-state index is 12.0.